The number of aliphatic carboxylic acids is 1. The molecule has 0 aliphatic carbocycles. The van der Waals surface area contributed by atoms with Crippen LogP contribution in [0.1, 0.15) is 11.6 Å². The van der Waals surface area contributed by atoms with Gasteiger partial charge in [-0.1, -0.05) is 30.3 Å². The Morgan fingerprint density at radius 3 is 2.50 bits per heavy atom. The van der Waals surface area contributed by atoms with E-state index in [0.29, 0.717) is 0 Å². The van der Waals surface area contributed by atoms with Crippen molar-refractivity contribution in [3.63, 3.8) is 0 Å². The van der Waals surface area contributed by atoms with Crippen LogP contribution < -0.4 is 5.32 Å². The minimum absolute atomic E-state index is 0.0173. The summed E-state index contributed by atoms with van der Waals surface area (Å²) in [4.78, 5) is 10.5. The van der Waals surface area contributed by atoms with Gasteiger partial charge in [0.05, 0.1) is 6.04 Å². The first-order valence-corrected chi connectivity index (χ1v) is 3.83. The van der Waals surface area contributed by atoms with E-state index in [1.165, 1.54) is 0 Å². The van der Waals surface area contributed by atoms with Crippen molar-refractivity contribution in [2.24, 2.45) is 0 Å². The van der Waals surface area contributed by atoms with Gasteiger partial charge in [0, 0.05) is 0 Å². The molecule has 1 heterocycles. The van der Waals surface area contributed by atoms with E-state index in [9.17, 15) is 4.79 Å². The van der Waals surface area contributed by atoms with Gasteiger partial charge in [-0.2, -0.15) is 0 Å². The molecule has 1 aromatic rings. The highest BCUT2D eigenvalue weighted by molar-refractivity contribution is 5.78. The van der Waals surface area contributed by atoms with Gasteiger partial charge in [-0.05, 0) is 5.56 Å². The second kappa shape index (κ2) is 2.60. The first-order valence-electron chi connectivity index (χ1n) is 3.83. The fraction of sp³-hybridized carbons (Fsp3) is 0.222. The molecule has 0 bridgehead atoms. The number of hydrogen-bond acceptors (Lipinski definition) is 2. The van der Waals surface area contributed by atoms with Crippen molar-refractivity contribution >= 4 is 5.97 Å². The Labute approximate surface area is 70.0 Å². The maximum absolute atomic E-state index is 10.5. The Balaban J connectivity index is 2.11. The van der Waals surface area contributed by atoms with E-state index in [0.717, 1.165) is 5.56 Å². The van der Waals surface area contributed by atoms with Gasteiger partial charge in [0.1, 0.15) is 6.04 Å². The van der Waals surface area contributed by atoms with Crippen molar-refractivity contribution < 1.29 is 9.90 Å². The summed E-state index contributed by atoms with van der Waals surface area (Å²) in [6.45, 7) is 0. The van der Waals surface area contributed by atoms with Crippen LogP contribution in [0.3, 0.4) is 0 Å². The van der Waals surface area contributed by atoms with Crippen LogP contribution in [0.4, 0.5) is 0 Å². The van der Waals surface area contributed by atoms with Crippen LogP contribution >= 0.6 is 0 Å². The Morgan fingerprint density at radius 1 is 1.33 bits per heavy atom. The lowest BCUT2D eigenvalue weighted by molar-refractivity contribution is -0.136. The molecule has 0 saturated carbocycles. The summed E-state index contributed by atoms with van der Waals surface area (Å²) in [5.41, 5.74) is 1.05. The molecule has 1 fully saturated rings. The van der Waals surface area contributed by atoms with Gasteiger partial charge in [0.25, 0.3) is 0 Å². The maximum Gasteiger partial charge on any atom is 0.322 e. The van der Waals surface area contributed by atoms with Crippen LogP contribution in [0.2, 0.25) is 0 Å². The van der Waals surface area contributed by atoms with Crippen LogP contribution in [0.5, 0.6) is 0 Å². The summed E-state index contributed by atoms with van der Waals surface area (Å²) in [6, 6.07) is 9.24. The third-order valence-corrected chi connectivity index (χ3v) is 2.01. The van der Waals surface area contributed by atoms with Crippen molar-refractivity contribution in [2.45, 2.75) is 12.1 Å². The van der Waals surface area contributed by atoms with Crippen molar-refractivity contribution in [3.05, 3.63) is 35.9 Å². The molecule has 0 aromatic heterocycles. The lowest BCUT2D eigenvalue weighted by atomic mass is 10.1. The highest BCUT2D eigenvalue weighted by Gasteiger charge is 2.43. The zero-order chi connectivity index (χ0) is 8.55. The monoisotopic (exact) mass is 163 g/mol. The van der Waals surface area contributed by atoms with Crippen molar-refractivity contribution in [3.8, 4) is 0 Å². The number of benzene rings is 1. The topological polar surface area (TPSA) is 59.2 Å². The third-order valence-electron chi connectivity index (χ3n) is 2.01. The molecule has 0 unspecified atom stereocenters. The highest BCUT2D eigenvalue weighted by atomic mass is 16.4. The lowest BCUT2D eigenvalue weighted by Crippen LogP contribution is -2.07. The van der Waals surface area contributed by atoms with Gasteiger partial charge in [-0.3, -0.25) is 10.1 Å². The molecule has 2 rings (SSSR count). The molecule has 3 heteroatoms. The van der Waals surface area contributed by atoms with Gasteiger partial charge >= 0.3 is 5.97 Å². The van der Waals surface area contributed by atoms with E-state index in [-0.39, 0.29) is 12.1 Å². The van der Waals surface area contributed by atoms with Crippen molar-refractivity contribution in [2.75, 3.05) is 0 Å². The molecule has 12 heavy (non-hydrogen) atoms. The smallest absolute Gasteiger partial charge is 0.322 e. The molecule has 2 N–H and O–H groups in total. The minimum atomic E-state index is -0.774. The minimum Gasteiger partial charge on any atom is -0.480 e. The fourth-order valence-corrected chi connectivity index (χ4v) is 1.30. The Hall–Kier alpha value is -1.35. The maximum atomic E-state index is 10.5. The Morgan fingerprint density at radius 2 is 2.00 bits per heavy atom. The predicted octanol–water partition coefficient (Wildman–Crippen LogP) is 0.784. The number of nitrogens with one attached hydrogen (secondary N) is 1. The molecule has 3 nitrogen and oxygen atoms in total. The number of rotatable bonds is 2. The molecule has 1 saturated heterocycles. The average Bonchev–Trinajstić information content (AvgIpc) is 2.84. The number of carboxylic acid groups (broad SMARTS) is 1. The molecular weight excluding hydrogens is 154 g/mol. The van der Waals surface area contributed by atoms with Gasteiger partial charge in [0.2, 0.25) is 0 Å². The second-order valence-electron chi connectivity index (χ2n) is 2.87. The number of carboxylic acids is 1. The zero-order valence-electron chi connectivity index (χ0n) is 6.40. The zero-order valence-corrected chi connectivity index (χ0v) is 6.40. The van der Waals surface area contributed by atoms with E-state index in [4.69, 9.17) is 5.11 Å². The largest absolute Gasteiger partial charge is 0.480 e. The molecule has 0 amide bonds. The Bertz CT molecular complexity index is 297. The molecule has 1 aliphatic heterocycles. The van der Waals surface area contributed by atoms with E-state index < -0.39 is 5.97 Å². The first kappa shape index (κ1) is 7.31. The normalized spacial score (nSPS) is 26.7. The molecule has 62 valence electrons. The third kappa shape index (κ3) is 1.19. The van der Waals surface area contributed by atoms with Crippen molar-refractivity contribution in [1.82, 2.24) is 5.32 Å². The summed E-state index contributed by atoms with van der Waals surface area (Å²) in [5.74, 6) is -0.774. The summed E-state index contributed by atoms with van der Waals surface area (Å²) >= 11 is 0. The molecule has 0 spiro atoms. The number of hydrogen-bond donors (Lipinski definition) is 2. The summed E-state index contributed by atoms with van der Waals surface area (Å²) < 4.78 is 0. The van der Waals surface area contributed by atoms with E-state index >= 15 is 0 Å². The van der Waals surface area contributed by atoms with Crippen molar-refractivity contribution in [1.29, 1.82) is 0 Å². The van der Waals surface area contributed by atoms with E-state index in [1.807, 2.05) is 30.3 Å². The summed E-state index contributed by atoms with van der Waals surface area (Å²) in [5, 5.41) is 11.5. The van der Waals surface area contributed by atoms with Crippen LogP contribution in [0.15, 0.2) is 30.3 Å². The van der Waals surface area contributed by atoms with Crippen LogP contribution in [0, 0.1) is 0 Å². The average molecular weight is 163 g/mol. The van der Waals surface area contributed by atoms with Gasteiger partial charge in [-0.15, -0.1) is 0 Å². The van der Waals surface area contributed by atoms with Gasteiger partial charge < -0.3 is 5.11 Å². The van der Waals surface area contributed by atoms with Crippen LogP contribution in [-0.2, 0) is 4.79 Å². The van der Waals surface area contributed by atoms with Gasteiger partial charge in [-0.25, -0.2) is 0 Å². The molecule has 2 atom stereocenters. The highest BCUT2D eigenvalue weighted by Crippen LogP contribution is 2.29. The van der Waals surface area contributed by atoms with Gasteiger partial charge in [0.15, 0.2) is 0 Å². The first-order chi connectivity index (χ1) is 5.79. The van der Waals surface area contributed by atoms with E-state index in [2.05, 4.69) is 5.32 Å². The fourth-order valence-electron chi connectivity index (χ4n) is 1.30. The number of carbonyl (C=O) groups is 1. The van der Waals surface area contributed by atoms with Crippen LogP contribution in [-0.4, -0.2) is 17.1 Å². The quantitative estimate of drug-likeness (QED) is 0.633. The predicted molar refractivity (Wildman–Crippen MR) is 43.7 cm³/mol. The lowest BCUT2D eigenvalue weighted by Gasteiger charge is -1.93. The SMILES string of the molecule is O=C(O)[C@H]1N[C@@H]1c1ccccc1. The Kier molecular flexibility index (Phi) is 1.59. The summed E-state index contributed by atoms with van der Waals surface area (Å²) in [6.07, 6.45) is 0. The van der Waals surface area contributed by atoms with E-state index in [1.54, 1.807) is 0 Å². The molecular formula is C9H9NO2. The molecule has 1 aliphatic rings. The standard InChI is InChI=1S/C9H9NO2/c11-9(12)8-7(10-8)6-4-2-1-3-5-6/h1-5,7-8,10H,(H,11,12)/t7-,8+/m1/s1. The molecule has 1 aromatic carbocycles. The molecule has 0 radical (unpaired) electrons. The second-order valence-corrected chi connectivity index (χ2v) is 2.87. The van der Waals surface area contributed by atoms with Crippen LogP contribution in [0.25, 0.3) is 0 Å². The summed E-state index contributed by atoms with van der Waals surface area (Å²) in [7, 11) is 0.